The summed E-state index contributed by atoms with van der Waals surface area (Å²) in [4.78, 5) is 20.5. The lowest BCUT2D eigenvalue weighted by Crippen LogP contribution is -2.48. The largest absolute Gasteiger partial charge is 0.481 e. The molecule has 1 aromatic heterocycles. The van der Waals surface area contributed by atoms with Gasteiger partial charge in [-0.15, -0.1) is 0 Å². The minimum Gasteiger partial charge on any atom is -0.481 e. The zero-order chi connectivity index (χ0) is 9.97. The fraction of sp³-hybridized carbons (Fsp3) is 0.444. The third kappa shape index (κ3) is 1.81. The highest BCUT2D eigenvalue weighted by Gasteiger charge is 2.29. The first-order valence-electron chi connectivity index (χ1n) is 4.49. The van der Waals surface area contributed by atoms with Crippen LogP contribution in [0.1, 0.15) is 6.42 Å². The van der Waals surface area contributed by atoms with Crippen molar-refractivity contribution in [3.05, 3.63) is 18.5 Å². The Labute approximate surface area is 81.4 Å². The van der Waals surface area contributed by atoms with Gasteiger partial charge in [-0.25, -0.2) is 9.97 Å². The van der Waals surface area contributed by atoms with E-state index in [1.54, 1.807) is 18.5 Å². The summed E-state index contributed by atoms with van der Waals surface area (Å²) >= 11 is 0. The van der Waals surface area contributed by atoms with E-state index in [1.165, 1.54) is 0 Å². The van der Waals surface area contributed by atoms with Crippen LogP contribution < -0.4 is 4.90 Å². The summed E-state index contributed by atoms with van der Waals surface area (Å²) in [6, 6.07) is 1.76. The van der Waals surface area contributed by atoms with Crippen molar-refractivity contribution in [1.82, 2.24) is 9.97 Å². The van der Waals surface area contributed by atoms with Crippen molar-refractivity contribution in [2.75, 3.05) is 18.0 Å². The Morgan fingerprint density at radius 1 is 1.50 bits per heavy atom. The molecule has 0 spiro atoms. The number of aliphatic carboxylic acids is 1. The van der Waals surface area contributed by atoms with Crippen LogP contribution in [0.4, 0.5) is 5.95 Å². The van der Waals surface area contributed by atoms with E-state index in [0.717, 1.165) is 13.1 Å². The lowest BCUT2D eigenvalue weighted by Gasteiger charge is -2.38. The Bertz CT molecular complexity index is 322. The van der Waals surface area contributed by atoms with E-state index in [-0.39, 0.29) is 12.3 Å². The topological polar surface area (TPSA) is 66.3 Å². The van der Waals surface area contributed by atoms with Crippen molar-refractivity contribution in [3.63, 3.8) is 0 Å². The number of hydrogen-bond donors (Lipinski definition) is 1. The van der Waals surface area contributed by atoms with Crippen LogP contribution in [0.2, 0.25) is 0 Å². The molecule has 0 unspecified atom stereocenters. The van der Waals surface area contributed by atoms with E-state index in [1.807, 2.05) is 4.90 Å². The molecule has 0 aliphatic carbocycles. The van der Waals surface area contributed by atoms with Gasteiger partial charge in [0.25, 0.3) is 0 Å². The molecule has 0 bridgehead atoms. The van der Waals surface area contributed by atoms with Crippen LogP contribution in [0.5, 0.6) is 0 Å². The smallest absolute Gasteiger partial charge is 0.303 e. The Morgan fingerprint density at radius 2 is 2.14 bits per heavy atom. The molecule has 74 valence electrons. The molecule has 0 aromatic carbocycles. The number of carboxylic acids is 1. The van der Waals surface area contributed by atoms with Gasteiger partial charge in [-0.1, -0.05) is 0 Å². The molecule has 1 aromatic rings. The van der Waals surface area contributed by atoms with Gasteiger partial charge in [0.15, 0.2) is 0 Å². The highest BCUT2D eigenvalue weighted by molar-refractivity contribution is 5.67. The first kappa shape index (κ1) is 8.93. The highest BCUT2D eigenvalue weighted by Crippen LogP contribution is 2.22. The minimum absolute atomic E-state index is 0.239. The number of nitrogens with zero attached hydrogens (tertiary/aromatic N) is 3. The predicted octanol–water partition coefficient (Wildman–Crippen LogP) is 0.387. The molecule has 1 saturated heterocycles. The lowest BCUT2D eigenvalue weighted by atomic mass is 9.97. The highest BCUT2D eigenvalue weighted by atomic mass is 16.4. The Morgan fingerprint density at radius 3 is 2.71 bits per heavy atom. The maximum absolute atomic E-state index is 10.4. The van der Waals surface area contributed by atoms with E-state index in [9.17, 15) is 4.79 Å². The van der Waals surface area contributed by atoms with E-state index in [4.69, 9.17) is 5.11 Å². The molecular formula is C9H11N3O2. The molecule has 1 aliphatic rings. The molecule has 2 heterocycles. The van der Waals surface area contributed by atoms with Gasteiger partial charge >= 0.3 is 5.97 Å². The zero-order valence-corrected chi connectivity index (χ0v) is 7.63. The molecule has 1 aliphatic heterocycles. The van der Waals surface area contributed by atoms with Gasteiger partial charge in [-0.2, -0.15) is 0 Å². The van der Waals surface area contributed by atoms with Gasteiger partial charge in [0, 0.05) is 31.4 Å². The maximum Gasteiger partial charge on any atom is 0.303 e. The number of carbonyl (C=O) groups is 1. The summed E-state index contributed by atoms with van der Waals surface area (Å²) in [6.07, 6.45) is 3.61. The van der Waals surface area contributed by atoms with Crippen LogP contribution in [0.15, 0.2) is 18.5 Å². The zero-order valence-electron chi connectivity index (χ0n) is 7.63. The van der Waals surface area contributed by atoms with Crippen LogP contribution in [-0.4, -0.2) is 34.1 Å². The second-order valence-electron chi connectivity index (χ2n) is 3.42. The Kier molecular flexibility index (Phi) is 2.30. The Hall–Kier alpha value is -1.65. The van der Waals surface area contributed by atoms with Gasteiger partial charge in [0.05, 0.1) is 6.42 Å². The number of carboxylic acid groups (broad SMARTS) is 1. The summed E-state index contributed by atoms with van der Waals surface area (Å²) in [5, 5.41) is 8.56. The number of anilines is 1. The van der Waals surface area contributed by atoms with Crippen LogP contribution in [0.3, 0.4) is 0 Å². The van der Waals surface area contributed by atoms with Crippen LogP contribution in [0, 0.1) is 5.92 Å². The molecule has 0 radical (unpaired) electrons. The summed E-state index contributed by atoms with van der Waals surface area (Å²) in [6.45, 7) is 1.49. The van der Waals surface area contributed by atoms with Gasteiger partial charge < -0.3 is 10.0 Å². The number of aromatic nitrogens is 2. The molecule has 1 fully saturated rings. The van der Waals surface area contributed by atoms with Crippen molar-refractivity contribution < 1.29 is 9.90 Å². The van der Waals surface area contributed by atoms with Crippen molar-refractivity contribution in [3.8, 4) is 0 Å². The van der Waals surface area contributed by atoms with Crippen molar-refractivity contribution in [2.45, 2.75) is 6.42 Å². The summed E-state index contributed by atoms with van der Waals surface area (Å²) < 4.78 is 0. The fourth-order valence-corrected chi connectivity index (χ4v) is 1.56. The summed E-state index contributed by atoms with van der Waals surface area (Å²) in [5.41, 5.74) is 0. The van der Waals surface area contributed by atoms with Gasteiger partial charge in [0.1, 0.15) is 0 Å². The second-order valence-corrected chi connectivity index (χ2v) is 3.42. The number of hydrogen-bond acceptors (Lipinski definition) is 4. The van der Waals surface area contributed by atoms with Crippen molar-refractivity contribution in [2.24, 2.45) is 5.92 Å². The first-order valence-corrected chi connectivity index (χ1v) is 4.49. The van der Waals surface area contributed by atoms with Gasteiger partial charge in [-0.05, 0) is 6.07 Å². The minimum atomic E-state index is -0.733. The third-order valence-corrected chi connectivity index (χ3v) is 2.26. The first-order chi connectivity index (χ1) is 6.75. The normalized spacial score (nSPS) is 16.4. The molecule has 0 atom stereocenters. The SMILES string of the molecule is O=C(O)CC1CN(c2ncccn2)C1. The van der Waals surface area contributed by atoms with Crippen molar-refractivity contribution >= 4 is 11.9 Å². The molecule has 0 amide bonds. The predicted molar refractivity (Wildman–Crippen MR) is 50.0 cm³/mol. The monoisotopic (exact) mass is 193 g/mol. The Balaban J connectivity index is 1.86. The molecule has 5 nitrogen and oxygen atoms in total. The van der Waals surface area contributed by atoms with Crippen LogP contribution in [0.25, 0.3) is 0 Å². The average Bonchev–Trinajstić information content (AvgIpc) is 2.12. The third-order valence-electron chi connectivity index (χ3n) is 2.26. The lowest BCUT2D eigenvalue weighted by molar-refractivity contribution is -0.138. The summed E-state index contributed by atoms with van der Waals surface area (Å²) in [7, 11) is 0. The van der Waals surface area contributed by atoms with E-state index < -0.39 is 5.97 Å². The number of rotatable bonds is 3. The van der Waals surface area contributed by atoms with E-state index in [2.05, 4.69) is 9.97 Å². The molecule has 0 saturated carbocycles. The van der Waals surface area contributed by atoms with Gasteiger partial charge in [-0.3, -0.25) is 4.79 Å². The fourth-order valence-electron chi connectivity index (χ4n) is 1.56. The molecule has 5 heteroatoms. The molecule has 14 heavy (non-hydrogen) atoms. The summed E-state index contributed by atoms with van der Waals surface area (Å²) in [5.74, 6) is 0.203. The standard InChI is InChI=1S/C9H11N3O2/c13-8(14)4-7-5-12(6-7)9-10-2-1-3-11-9/h1-3,7H,4-6H2,(H,13,14). The van der Waals surface area contributed by atoms with Gasteiger partial charge in [0.2, 0.25) is 5.95 Å². The molecule has 2 rings (SSSR count). The van der Waals surface area contributed by atoms with Crippen LogP contribution >= 0.6 is 0 Å². The van der Waals surface area contributed by atoms with Crippen molar-refractivity contribution in [1.29, 1.82) is 0 Å². The quantitative estimate of drug-likeness (QED) is 0.752. The van der Waals surface area contributed by atoms with Crippen LogP contribution in [-0.2, 0) is 4.79 Å². The maximum atomic E-state index is 10.4. The second kappa shape index (κ2) is 3.61. The molecular weight excluding hydrogens is 182 g/mol. The average molecular weight is 193 g/mol. The molecule has 1 N–H and O–H groups in total. The van der Waals surface area contributed by atoms with E-state index in [0.29, 0.717) is 5.95 Å². The van der Waals surface area contributed by atoms with E-state index >= 15 is 0 Å².